The molecular weight excluding hydrogens is 380 g/mol. The van der Waals surface area contributed by atoms with E-state index >= 15 is 0 Å². The van der Waals surface area contributed by atoms with Gasteiger partial charge in [-0.15, -0.1) is 0 Å². The Labute approximate surface area is 185 Å². The fourth-order valence-electron chi connectivity index (χ4n) is 3.53. The van der Waals surface area contributed by atoms with Crippen molar-refractivity contribution in [1.82, 2.24) is 0 Å². The molecule has 0 saturated carbocycles. The number of carboxylic acid groups (broad SMARTS) is 1. The molecule has 0 rings (SSSR count). The second-order valence-corrected chi connectivity index (χ2v) is 9.52. The molecule has 0 aliphatic rings. The molecule has 30 heavy (non-hydrogen) atoms. The van der Waals surface area contributed by atoms with Crippen molar-refractivity contribution < 1.29 is 23.9 Å². The van der Waals surface area contributed by atoms with Crippen LogP contribution in [0.4, 0.5) is 0 Å². The van der Waals surface area contributed by atoms with Crippen molar-refractivity contribution in [2.45, 2.75) is 109 Å². The molecule has 1 atom stereocenters. The topological polar surface area (TPSA) is 63.6 Å². The van der Waals surface area contributed by atoms with Gasteiger partial charge in [-0.3, -0.25) is 9.59 Å². The van der Waals surface area contributed by atoms with Gasteiger partial charge in [0.05, 0.1) is 27.6 Å². The van der Waals surface area contributed by atoms with Crippen LogP contribution in [0.5, 0.6) is 0 Å². The van der Waals surface area contributed by atoms with Crippen molar-refractivity contribution in [1.29, 1.82) is 0 Å². The largest absolute Gasteiger partial charge is 0.481 e. The van der Waals surface area contributed by atoms with Gasteiger partial charge in [-0.05, 0) is 32.1 Å². The van der Waals surface area contributed by atoms with Crippen LogP contribution in [0.25, 0.3) is 0 Å². The monoisotopic (exact) mass is 428 g/mol. The van der Waals surface area contributed by atoms with Gasteiger partial charge in [0, 0.05) is 6.42 Å². The zero-order chi connectivity index (χ0) is 22.7. The van der Waals surface area contributed by atoms with E-state index in [1.165, 1.54) is 57.8 Å². The number of likely N-dealkylation sites (N-methyl/N-ethyl adjacent to an activating group) is 1. The fraction of sp³-hybridized carbons (Fsp3) is 0.840. The Kier molecular flexibility index (Phi) is 17.6. The molecule has 0 aromatic heterocycles. The molecular formula is C25H48NO4+. The maximum atomic E-state index is 12.0. The smallest absolute Gasteiger partial charge is 0.307 e. The summed E-state index contributed by atoms with van der Waals surface area (Å²) in [5.74, 6) is -1.20. The van der Waals surface area contributed by atoms with Gasteiger partial charge < -0.3 is 14.3 Å². The van der Waals surface area contributed by atoms with Crippen LogP contribution in [0, 0.1) is 0 Å². The number of allylic oxidation sites excluding steroid dienone is 2. The number of quaternary nitrogens is 1. The van der Waals surface area contributed by atoms with Crippen LogP contribution in [-0.4, -0.2) is 55.3 Å². The van der Waals surface area contributed by atoms with E-state index in [1.807, 2.05) is 21.1 Å². The molecule has 1 N–H and O–H groups in total. The first kappa shape index (κ1) is 28.6. The summed E-state index contributed by atoms with van der Waals surface area (Å²) in [6, 6.07) is 0. The van der Waals surface area contributed by atoms with Gasteiger partial charge in [0.25, 0.3) is 0 Å². The van der Waals surface area contributed by atoms with Gasteiger partial charge in [0.15, 0.2) is 6.10 Å². The predicted octanol–water partition coefficient (Wildman–Crippen LogP) is 6.12. The van der Waals surface area contributed by atoms with E-state index in [0.29, 0.717) is 17.4 Å². The number of rotatable bonds is 20. The standard InChI is InChI=1S/C25H47NO4/c1-5-6-7-8-9-10-11-12-13-14-15-16-17-18-19-20-25(29)30-23(21-24(27)28)22-26(2,3)4/h12-13,23H,5-11,14-22H2,1-4H3/p+1/b13-12-/t23-/m1/s1/i25+1,26+1. The number of ether oxygens (including phenoxy) is 1. The van der Waals surface area contributed by atoms with Crippen LogP contribution < -0.4 is 0 Å². The summed E-state index contributed by atoms with van der Waals surface area (Å²) < 4.78 is 5.98. The van der Waals surface area contributed by atoms with E-state index in [-0.39, 0.29) is 12.4 Å². The molecule has 0 unspecified atom stereocenters. The highest BCUT2D eigenvalue weighted by Crippen LogP contribution is 2.12. The Morgan fingerprint density at radius 2 is 1.33 bits per heavy atom. The third-order valence-corrected chi connectivity index (χ3v) is 5.09. The van der Waals surface area contributed by atoms with Crippen molar-refractivity contribution in [2.24, 2.45) is 0 Å². The first-order chi connectivity index (χ1) is 14.2. The highest BCUT2D eigenvalue weighted by atomic mass is 16.6. The lowest BCUT2D eigenvalue weighted by atomic mass is 10.1. The molecule has 0 saturated heterocycles. The third kappa shape index (κ3) is 21.4. The van der Waals surface area contributed by atoms with E-state index in [4.69, 9.17) is 9.84 Å². The van der Waals surface area contributed by atoms with Crippen molar-refractivity contribution in [3.8, 4) is 0 Å². The van der Waals surface area contributed by atoms with Gasteiger partial charge >= 0.3 is 11.9 Å². The average molecular weight is 429 g/mol. The minimum atomic E-state index is -0.928. The summed E-state index contributed by atoms with van der Waals surface area (Å²) >= 11 is 0. The zero-order valence-electron chi connectivity index (χ0n) is 20.2. The highest BCUT2D eigenvalue weighted by molar-refractivity contribution is 5.71. The Hall–Kier alpha value is -1.36. The quantitative estimate of drug-likeness (QED) is 0.0634. The number of hydrogen-bond acceptors (Lipinski definition) is 3. The first-order valence-electron chi connectivity index (χ1n) is 12.1. The summed E-state index contributed by atoms with van der Waals surface area (Å²) in [5, 5.41) is 9.01. The molecule has 0 aromatic carbocycles. The number of unbranched alkanes of at least 4 members (excludes halogenated alkanes) is 11. The molecule has 0 bridgehead atoms. The summed E-state index contributed by atoms with van der Waals surface area (Å²) in [6.45, 7) is 2.76. The Balaban J connectivity index is 3.65. The van der Waals surface area contributed by atoms with Crippen molar-refractivity contribution in [3.63, 3.8) is 0 Å². The van der Waals surface area contributed by atoms with E-state index in [2.05, 4.69) is 19.1 Å². The molecule has 0 radical (unpaired) electrons. The molecule has 5 nitrogen and oxygen atoms in total. The van der Waals surface area contributed by atoms with Crippen molar-refractivity contribution in [3.05, 3.63) is 12.2 Å². The van der Waals surface area contributed by atoms with Crippen molar-refractivity contribution in [2.75, 3.05) is 27.7 Å². The number of carboxylic acids is 1. The molecule has 5 heteroatoms. The summed E-state index contributed by atoms with van der Waals surface area (Å²) in [6.07, 6.45) is 20.2. The first-order valence-corrected chi connectivity index (χ1v) is 12.1. The van der Waals surface area contributed by atoms with Crippen LogP contribution >= 0.6 is 0 Å². The summed E-state index contributed by atoms with van der Waals surface area (Å²) in [7, 11) is 5.89. The minimum absolute atomic E-state index is 0.131. The lowest BCUT2D eigenvalue weighted by molar-refractivity contribution is -0.873. The van der Waals surface area contributed by atoms with E-state index in [9.17, 15) is 9.59 Å². The van der Waals surface area contributed by atoms with Crippen LogP contribution in [0.3, 0.4) is 0 Å². The van der Waals surface area contributed by atoms with Gasteiger partial charge in [0.1, 0.15) is 6.54 Å². The maximum absolute atomic E-state index is 12.0. The maximum Gasteiger partial charge on any atom is 0.307 e. The number of aliphatic carboxylic acids is 1. The average Bonchev–Trinajstić information content (AvgIpc) is 2.63. The molecule has 0 heterocycles. The normalized spacial score (nSPS) is 12.9. The van der Waals surface area contributed by atoms with Crippen LogP contribution in [0.15, 0.2) is 12.2 Å². The molecule has 0 aromatic rings. The van der Waals surface area contributed by atoms with Gasteiger partial charge in [0.2, 0.25) is 0 Å². The SMILES string of the molecule is CCCCCCCC/C=C\CCCCCCC[13C](=O)O[C@H](CC(=O)O)C[15N+](C)(C)C. The summed E-state index contributed by atoms with van der Waals surface area (Å²) in [4.78, 5) is 23.0. The van der Waals surface area contributed by atoms with Gasteiger partial charge in [-0.25, -0.2) is 0 Å². The van der Waals surface area contributed by atoms with Crippen LogP contribution in [-0.2, 0) is 14.3 Å². The molecule has 0 aliphatic carbocycles. The Bertz CT molecular complexity index is 468. The van der Waals surface area contributed by atoms with E-state index < -0.39 is 12.1 Å². The van der Waals surface area contributed by atoms with Crippen molar-refractivity contribution >= 4 is 11.9 Å². The summed E-state index contributed by atoms with van der Waals surface area (Å²) in [5.41, 5.74) is 0. The predicted molar refractivity (Wildman–Crippen MR) is 124 cm³/mol. The number of carbonyl (C=O) groups is 2. The number of nitrogens with zero attached hydrogens (tertiary/aromatic N) is 1. The molecule has 0 fully saturated rings. The minimum Gasteiger partial charge on any atom is -0.481 e. The number of hydrogen-bond donors (Lipinski definition) is 1. The molecule has 0 amide bonds. The Morgan fingerprint density at radius 3 is 1.83 bits per heavy atom. The zero-order valence-corrected chi connectivity index (χ0v) is 20.2. The fourth-order valence-corrected chi connectivity index (χ4v) is 3.53. The van der Waals surface area contributed by atoms with E-state index in [1.54, 1.807) is 0 Å². The van der Waals surface area contributed by atoms with Gasteiger partial charge in [-0.2, -0.15) is 0 Å². The molecule has 0 aliphatic heterocycles. The molecule has 176 valence electrons. The van der Waals surface area contributed by atoms with Gasteiger partial charge in [-0.1, -0.05) is 70.4 Å². The lowest BCUT2D eigenvalue weighted by Crippen LogP contribution is -2.43. The number of carbonyl (C=O) groups excluding carboxylic acids is 1. The second kappa shape index (κ2) is 18.4. The second-order valence-electron chi connectivity index (χ2n) is 9.52. The van der Waals surface area contributed by atoms with Crippen LogP contribution in [0.1, 0.15) is 103 Å². The van der Waals surface area contributed by atoms with Crippen LogP contribution in [0.2, 0.25) is 0 Å². The lowest BCUT2D eigenvalue weighted by Gasteiger charge is -2.28. The highest BCUT2D eigenvalue weighted by Gasteiger charge is 2.24. The van der Waals surface area contributed by atoms with E-state index in [0.717, 1.165) is 25.7 Å². The Morgan fingerprint density at radius 1 is 0.833 bits per heavy atom. The number of esters is 1. The third-order valence-electron chi connectivity index (χ3n) is 5.09. The molecule has 0 spiro atoms.